The summed E-state index contributed by atoms with van der Waals surface area (Å²) in [5.74, 6) is 0.898. The van der Waals surface area contributed by atoms with Crippen molar-refractivity contribution in [1.29, 1.82) is 0 Å². The molecule has 0 aliphatic heterocycles. The summed E-state index contributed by atoms with van der Waals surface area (Å²) in [7, 11) is 1.69. The van der Waals surface area contributed by atoms with Crippen molar-refractivity contribution in [3.8, 4) is 5.75 Å². The molecule has 1 aromatic heterocycles. The van der Waals surface area contributed by atoms with Gasteiger partial charge in [-0.3, -0.25) is 0 Å². The van der Waals surface area contributed by atoms with E-state index in [9.17, 15) is 0 Å². The van der Waals surface area contributed by atoms with Gasteiger partial charge in [-0.1, -0.05) is 18.2 Å². The average molecular weight is 312 g/mol. The maximum atomic E-state index is 6.22. The highest BCUT2D eigenvalue weighted by molar-refractivity contribution is 9.10. The van der Waals surface area contributed by atoms with E-state index in [0.717, 1.165) is 27.8 Å². The highest BCUT2D eigenvalue weighted by atomic mass is 79.9. The van der Waals surface area contributed by atoms with Crippen LogP contribution >= 0.6 is 27.3 Å². The summed E-state index contributed by atoms with van der Waals surface area (Å²) in [5, 5.41) is 4.14. The third-order valence-electron chi connectivity index (χ3n) is 2.67. The number of para-hydroxylation sites is 1. The SMILES string of the molecule is COc1ccccc1CC(N)c1cscc1Br. The van der Waals surface area contributed by atoms with Crippen molar-refractivity contribution in [3.05, 3.63) is 50.6 Å². The van der Waals surface area contributed by atoms with E-state index in [1.54, 1.807) is 18.4 Å². The van der Waals surface area contributed by atoms with Gasteiger partial charge < -0.3 is 10.5 Å². The Balaban J connectivity index is 2.18. The molecule has 0 amide bonds. The highest BCUT2D eigenvalue weighted by Gasteiger charge is 2.13. The lowest BCUT2D eigenvalue weighted by Crippen LogP contribution is -2.13. The van der Waals surface area contributed by atoms with Crippen molar-refractivity contribution in [2.45, 2.75) is 12.5 Å². The van der Waals surface area contributed by atoms with Crippen molar-refractivity contribution in [2.75, 3.05) is 7.11 Å². The molecule has 2 aromatic rings. The van der Waals surface area contributed by atoms with Gasteiger partial charge in [0.05, 0.1) is 7.11 Å². The van der Waals surface area contributed by atoms with Crippen LogP contribution in [0.1, 0.15) is 17.2 Å². The predicted octanol–water partition coefficient (Wildman–Crippen LogP) is 3.76. The minimum atomic E-state index is -0.00748. The Hall–Kier alpha value is -0.840. The zero-order valence-electron chi connectivity index (χ0n) is 9.52. The van der Waals surface area contributed by atoms with Crippen LogP contribution in [0.2, 0.25) is 0 Å². The summed E-state index contributed by atoms with van der Waals surface area (Å²) < 4.78 is 6.42. The number of nitrogens with two attached hydrogens (primary N) is 1. The molecule has 0 aliphatic rings. The van der Waals surface area contributed by atoms with Crippen molar-refractivity contribution < 1.29 is 4.74 Å². The summed E-state index contributed by atoms with van der Waals surface area (Å²) in [6.07, 6.45) is 0.777. The van der Waals surface area contributed by atoms with Gasteiger partial charge in [-0.15, -0.1) is 0 Å². The fourth-order valence-corrected chi connectivity index (χ4v) is 3.43. The molecule has 0 fully saturated rings. The minimum Gasteiger partial charge on any atom is -0.496 e. The normalized spacial score (nSPS) is 12.4. The van der Waals surface area contributed by atoms with Crippen LogP contribution in [0.5, 0.6) is 5.75 Å². The first kappa shape index (κ1) is 12.6. The molecular formula is C13H14BrNOS. The van der Waals surface area contributed by atoms with Crippen LogP contribution in [0.3, 0.4) is 0 Å². The molecule has 1 heterocycles. The van der Waals surface area contributed by atoms with Crippen LogP contribution in [0.25, 0.3) is 0 Å². The zero-order valence-corrected chi connectivity index (χ0v) is 11.9. The molecule has 0 aliphatic carbocycles. The summed E-state index contributed by atoms with van der Waals surface area (Å²) in [5.41, 5.74) is 8.51. The van der Waals surface area contributed by atoms with Crippen LogP contribution in [-0.2, 0) is 6.42 Å². The first-order chi connectivity index (χ1) is 8.22. The van der Waals surface area contributed by atoms with E-state index in [1.807, 2.05) is 18.2 Å². The number of hydrogen-bond acceptors (Lipinski definition) is 3. The van der Waals surface area contributed by atoms with Gasteiger partial charge in [-0.2, -0.15) is 11.3 Å². The van der Waals surface area contributed by atoms with Gasteiger partial charge in [0.2, 0.25) is 0 Å². The molecule has 1 atom stereocenters. The fraction of sp³-hybridized carbons (Fsp3) is 0.231. The highest BCUT2D eigenvalue weighted by Crippen LogP contribution is 2.30. The monoisotopic (exact) mass is 311 g/mol. The number of hydrogen-bond donors (Lipinski definition) is 1. The van der Waals surface area contributed by atoms with Gasteiger partial charge in [0.25, 0.3) is 0 Å². The van der Waals surface area contributed by atoms with E-state index < -0.39 is 0 Å². The van der Waals surface area contributed by atoms with Crippen LogP contribution in [-0.4, -0.2) is 7.11 Å². The van der Waals surface area contributed by atoms with E-state index in [4.69, 9.17) is 10.5 Å². The van der Waals surface area contributed by atoms with Crippen LogP contribution in [0, 0.1) is 0 Å². The van der Waals surface area contributed by atoms with Gasteiger partial charge in [0.1, 0.15) is 5.75 Å². The Labute approximate surface area is 114 Å². The summed E-state index contributed by atoms with van der Waals surface area (Å²) in [6.45, 7) is 0. The Morgan fingerprint density at radius 2 is 2.12 bits per heavy atom. The summed E-state index contributed by atoms with van der Waals surface area (Å²) in [6, 6.07) is 7.98. The molecule has 0 saturated carbocycles. The van der Waals surface area contributed by atoms with Gasteiger partial charge >= 0.3 is 0 Å². The average Bonchev–Trinajstić information content (AvgIpc) is 2.76. The molecule has 0 radical (unpaired) electrons. The molecule has 1 aromatic carbocycles. The third-order valence-corrected chi connectivity index (χ3v) is 4.43. The summed E-state index contributed by atoms with van der Waals surface area (Å²) in [4.78, 5) is 0. The molecular weight excluding hydrogens is 298 g/mol. The molecule has 2 nitrogen and oxygen atoms in total. The van der Waals surface area contributed by atoms with E-state index in [-0.39, 0.29) is 6.04 Å². The van der Waals surface area contributed by atoms with Gasteiger partial charge in [0, 0.05) is 15.9 Å². The van der Waals surface area contributed by atoms with Crippen molar-refractivity contribution in [2.24, 2.45) is 5.73 Å². The quantitative estimate of drug-likeness (QED) is 0.933. The smallest absolute Gasteiger partial charge is 0.122 e. The van der Waals surface area contributed by atoms with Crippen LogP contribution in [0.15, 0.2) is 39.5 Å². The second-order valence-electron chi connectivity index (χ2n) is 3.80. The molecule has 0 bridgehead atoms. The second kappa shape index (κ2) is 5.67. The molecule has 17 heavy (non-hydrogen) atoms. The Morgan fingerprint density at radius 3 is 2.76 bits per heavy atom. The Morgan fingerprint density at radius 1 is 1.35 bits per heavy atom. The Bertz CT molecular complexity index is 498. The number of rotatable bonds is 4. The first-order valence-corrected chi connectivity index (χ1v) is 7.05. The predicted molar refractivity (Wildman–Crippen MR) is 75.6 cm³/mol. The minimum absolute atomic E-state index is 0.00748. The van der Waals surface area contributed by atoms with Crippen molar-refractivity contribution >= 4 is 27.3 Å². The van der Waals surface area contributed by atoms with Gasteiger partial charge in [-0.05, 0) is 44.9 Å². The van der Waals surface area contributed by atoms with Gasteiger partial charge in [-0.25, -0.2) is 0 Å². The van der Waals surface area contributed by atoms with E-state index in [2.05, 4.69) is 32.8 Å². The summed E-state index contributed by atoms with van der Waals surface area (Å²) >= 11 is 5.17. The third kappa shape index (κ3) is 2.89. The van der Waals surface area contributed by atoms with Crippen molar-refractivity contribution in [1.82, 2.24) is 0 Å². The fourth-order valence-electron chi connectivity index (χ4n) is 1.77. The van der Waals surface area contributed by atoms with Crippen molar-refractivity contribution in [3.63, 3.8) is 0 Å². The standard InChI is InChI=1S/C13H14BrNOS/c1-16-13-5-3-2-4-9(13)6-12(15)10-7-17-8-11(10)14/h2-5,7-8,12H,6,15H2,1H3. The lowest BCUT2D eigenvalue weighted by molar-refractivity contribution is 0.408. The first-order valence-electron chi connectivity index (χ1n) is 5.31. The Kier molecular flexibility index (Phi) is 4.20. The molecule has 4 heteroatoms. The lowest BCUT2D eigenvalue weighted by Gasteiger charge is -2.13. The lowest BCUT2D eigenvalue weighted by atomic mass is 10.0. The number of thiophene rings is 1. The number of benzene rings is 1. The molecule has 1 unspecified atom stereocenters. The molecule has 2 N–H and O–H groups in total. The maximum Gasteiger partial charge on any atom is 0.122 e. The number of methoxy groups -OCH3 is 1. The van der Waals surface area contributed by atoms with E-state index in [1.165, 1.54) is 0 Å². The molecule has 0 spiro atoms. The number of ether oxygens (including phenoxy) is 1. The topological polar surface area (TPSA) is 35.2 Å². The number of halogens is 1. The largest absolute Gasteiger partial charge is 0.496 e. The maximum absolute atomic E-state index is 6.22. The molecule has 90 valence electrons. The second-order valence-corrected chi connectivity index (χ2v) is 5.40. The zero-order chi connectivity index (χ0) is 12.3. The van der Waals surface area contributed by atoms with Crippen LogP contribution in [0.4, 0.5) is 0 Å². The molecule has 0 saturated heterocycles. The van der Waals surface area contributed by atoms with Gasteiger partial charge in [0.15, 0.2) is 0 Å². The van der Waals surface area contributed by atoms with E-state index in [0.29, 0.717) is 0 Å². The van der Waals surface area contributed by atoms with E-state index >= 15 is 0 Å². The molecule has 2 rings (SSSR count). The van der Waals surface area contributed by atoms with Crippen LogP contribution < -0.4 is 10.5 Å².